The van der Waals surface area contributed by atoms with Gasteiger partial charge in [0.2, 0.25) is 5.91 Å². The molecule has 3 aliphatic heterocycles. The van der Waals surface area contributed by atoms with Crippen LogP contribution >= 0.6 is 11.3 Å². The Morgan fingerprint density at radius 3 is 2.70 bits per heavy atom. The summed E-state index contributed by atoms with van der Waals surface area (Å²) in [5.74, 6) is -0.307. The molecule has 5 heterocycles. The number of rotatable bonds is 6. The Balaban J connectivity index is 1.35. The van der Waals surface area contributed by atoms with Crippen molar-refractivity contribution in [2.45, 2.75) is 43.7 Å². The van der Waals surface area contributed by atoms with E-state index >= 15 is 0 Å². The maximum Gasteiger partial charge on any atom is 0.325 e. The number of imide groups is 1. The van der Waals surface area contributed by atoms with Crippen molar-refractivity contribution in [3.05, 3.63) is 52.5 Å². The minimum absolute atomic E-state index is 0.101. The molecule has 0 saturated carbocycles. The van der Waals surface area contributed by atoms with Crippen molar-refractivity contribution in [1.82, 2.24) is 20.1 Å². The lowest BCUT2D eigenvalue weighted by Crippen LogP contribution is -2.54. The predicted molar refractivity (Wildman–Crippen MR) is 122 cm³/mol. The van der Waals surface area contributed by atoms with E-state index < -0.39 is 11.6 Å². The molecule has 3 saturated heterocycles. The van der Waals surface area contributed by atoms with Crippen LogP contribution in [0.4, 0.5) is 4.79 Å². The maximum atomic E-state index is 13.8. The molecule has 2 aromatic rings. The van der Waals surface area contributed by atoms with Crippen molar-refractivity contribution in [3.63, 3.8) is 0 Å². The average molecular weight is 469 g/mol. The van der Waals surface area contributed by atoms with Gasteiger partial charge in [-0.1, -0.05) is 12.1 Å². The van der Waals surface area contributed by atoms with E-state index in [1.807, 2.05) is 34.5 Å². The highest BCUT2D eigenvalue weighted by atomic mass is 32.1. The molecule has 3 aliphatic rings. The van der Waals surface area contributed by atoms with E-state index in [1.165, 1.54) is 4.90 Å². The van der Waals surface area contributed by atoms with Gasteiger partial charge in [0.05, 0.1) is 24.8 Å². The Morgan fingerprint density at radius 1 is 1.18 bits per heavy atom. The number of likely N-dealkylation sites (tertiary alicyclic amines) is 1. The first-order chi connectivity index (χ1) is 16.1. The fourth-order valence-electron chi connectivity index (χ4n) is 5.24. The van der Waals surface area contributed by atoms with Crippen LogP contribution in [0.2, 0.25) is 0 Å². The number of piperidine rings is 1. The van der Waals surface area contributed by atoms with Gasteiger partial charge in [-0.15, -0.1) is 11.3 Å². The van der Waals surface area contributed by atoms with E-state index in [1.54, 1.807) is 23.6 Å². The summed E-state index contributed by atoms with van der Waals surface area (Å²) in [5.41, 5.74) is -0.652. The SMILES string of the molecule is O=C(Cc1cccs1)N1CCC(C2(c3ccccn3)NC(=O)N(CC3CCCO3)C2=O)CC1. The van der Waals surface area contributed by atoms with E-state index in [0.29, 0.717) is 44.7 Å². The lowest BCUT2D eigenvalue weighted by atomic mass is 9.75. The van der Waals surface area contributed by atoms with Crippen LogP contribution in [0.3, 0.4) is 0 Å². The first-order valence-corrected chi connectivity index (χ1v) is 12.4. The molecule has 0 aromatic carbocycles. The topological polar surface area (TPSA) is 91.8 Å². The number of pyridine rings is 1. The predicted octanol–water partition coefficient (Wildman–Crippen LogP) is 2.55. The zero-order chi connectivity index (χ0) is 22.8. The third-order valence-electron chi connectivity index (χ3n) is 6.98. The van der Waals surface area contributed by atoms with Gasteiger partial charge in [0.15, 0.2) is 5.54 Å². The van der Waals surface area contributed by atoms with Gasteiger partial charge < -0.3 is 15.0 Å². The third-order valence-corrected chi connectivity index (χ3v) is 7.85. The summed E-state index contributed by atoms with van der Waals surface area (Å²) in [6, 6.07) is 8.98. The fraction of sp³-hybridized carbons (Fsp3) is 0.500. The van der Waals surface area contributed by atoms with Gasteiger partial charge in [-0.3, -0.25) is 19.5 Å². The second-order valence-electron chi connectivity index (χ2n) is 8.92. The van der Waals surface area contributed by atoms with Crippen LogP contribution in [0, 0.1) is 5.92 Å². The Bertz CT molecular complexity index is 1000. The van der Waals surface area contributed by atoms with Gasteiger partial charge in [-0.2, -0.15) is 0 Å². The highest BCUT2D eigenvalue weighted by molar-refractivity contribution is 7.10. The number of hydrogen-bond acceptors (Lipinski definition) is 6. The van der Waals surface area contributed by atoms with E-state index in [-0.39, 0.29) is 30.4 Å². The van der Waals surface area contributed by atoms with Crippen molar-refractivity contribution in [3.8, 4) is 0 Å². The number of carbonyl (C=O) groups is 3. The second kappa shape index (κ2) is 9.23. The number of aromatic nitrogens is 1. The number of nitrogens with one attached hydrogen (secondary N) is 1. The number of nitrogens with zero attached hydrogens (tertiary/aromatic N) is 3. The number of amides is 4. The molecule has 33 heavy (non-hydrogen) atoms. The van der Waals surface area contributed by atoms with Crippen LogP contribution < -0.4 is 5.32 Å². The maximum absolute atomic E-state index is 13.8. The Kier molecular flexibility index (Phi) is 6.16. The summed E-state index contributed by atoms with van der Waals surface area (Å²) in [6.45, 7) is 2.03. The molecule has 0 bridgehead atoms. The highest BCUT2D eigenvalue weighted by Crippen LogP contribution is 2.41. The lowest BCUT2D eigenvalue weighted by Gasteiger charge is -2.40. The summed E-state index contributed by atoms with van der Waals surface area (Å²) in [5, 5.41) is 5.00. The molecule has 4 amide bonds. The smallest absolute Gasteiger partial charge is 0.325 e. The van der Waals surface area contributed by atoms with E-state index in [0.717, 1.165) is 17.7 Å². The van der Waals surface area contributed by atoms with E-state index in [9.17, 15) is 14.4 Å². The molecule has 5 rings (SSSR count). The molecule has 1 N–H and O–H groups in total. The monoisotopic (exact) mass is 468 g/mol. The molecular weight excluding hydrogens is 440 g/mol. The zero-order valence-corrected chi connectivity index (χ0v) is 19.3. The Hall–Kier alpha value is -2.78. The van der Waals surface area contributed by atoms with Crippen LogP contribution in [0.15, 0.2) is 41.9 Å². The number of ether oxygens (including phenoxy) is 1. The summed E-state index contributed by atoms with van der Waals surface area (Å²) >= 11 is 1.58. The number of hydrogen-bond donors (Lipinski definition) is 1. The molecule has 0 radical (unpaired) electrons. The first-order valence-electron chi connectivity index (χ1n) is 11.6. The standard InChI is InChI=1S/C24H28N4O4S/c29-21(15-19-6-4-14-33-19)27-11-8-17(9-12-27)24(20-7-1-2-10-25-20)22(30)28(23(31)26-24)16-18-5-3-13-32-18/h1-2,4,6-7,10,14,17-18H,3,5,8-9,11-13,15-16H2,(H,26,31). The van der Waals surface area contributed by atoms with Gasteiger partial charge in [-0.05, 0) is 49.3 Å². The van der Waals surface area contributed by atoms with Gasteiger partial charge in [0.1, 0.15) is 0 Å². The van der Waals surface area contributed by atoms with Gasteiger partial charge >= 0.3 is 6.03 Å². The molecule has 2 atom stereocenters. The highest BCUT2D eigenvalue weighted by Gasteiger charge is 2.58. The molecule has 2 aromatic heterocycles. The zero-order valence-electron chi connectivity index (χ0n) is 18.4. The first kappa shape index (κ1) is 22.0. The molecule has 174 valence electrons. The average Bonchev–Trinajstić information content (AvgIpc) is 3.59. The fourth-order valence-corrected chi connectivity index (χ4v) is 5.94. The summed E-state index contributed by atoms with van der Waals surface area (Å²) in [7, 11) is 0. The summed E-state index contributed by atoms with van der Waals surface area (Å²) in [6.07, 6.45) is 4.96. The van der Waals surface area contributed by atoms with E-state index in [4.69, 9.17) is 4.74 Å². The molecular formula is C24H28N4O4S. The number of thiophene rings is 1. The number of urea groups is 1. The Labute approximate surface area is 196 Å². The minimum Gasteiger partial charge on any atom is -0.376 e. The van der Waals surface area contributed by atoms with Gasteiger partial charge in [-0.25, -0.2) is 4.79 Å². The Morgan fingerprint density at radius 2 is 2.03 bits per heavy atom. The van der Waals surface area contributed by atoms with Crippen molar-refractivity contribution in [2.75, 3.05) is 26.2 Å². The second-order valence-corrected chi connectivity index (χ2v) is 9.95. The lowest BCUT2D eigenvalue weighted by molar-refractivity contribution is -0.137. The number of carbonyl (C=O) groups excluding carboxylic acids is 3. The quantitative estimate of drug-likeness (QED) is 0.658. The van der Waals surface area contributed by atoms with Crippen molar-refractivity contribution < 1.29 is 19.1 Å². The summed E-state index contributed by atoms with van der Waals surface area (Å²) < 4.78 is 5.68. The molecule has 0 spiro atoms. The van der Waals surface area contributed by atoms with Crippen LogP contribution in [0.25, 0.3) is 0 Å². The molecule has 3 fully saturated rings. The van der Waals surface area contributed by atoms with E-state index in [2.05, 4.69) is 10.3 Å². The normalized spacial score (nSPS) is 26.1. The van der Waals surface area contributed by atoms with Crippen LogP contribution in [0.5, 0.6) is 0 Å². The summed E-state index contributed by atoms with van der Waals surface area (Å²) in [4.78, 5) is 48.3. The molecule has 8 nitrogen and oxygen atoms in total. The van der Waals surface area contributed by atoms with Crippen LogP contribution in [-0.2, 0) is 26.3 Å². The molecule has 9 heteroatoms. The van der Waals surface area contributed by atoms with Crippen molar-refractivity contribution >= 4 is 29.2 Å². The molecule has 2 unspecified atom stereocenters. The molecule has 0 aliphatic carbocycles. The van der Waals surface area contributed by atoms with Crippen molar-refractivity contribution in [1.29, 1.82) is 0 Å². The van der Waals surface area contributed by atoms with Crippen LogP contribution in [-0.4, -0.2) is 65.0 Å². The van der Waals surface area contributed by atoms with Gasteiger partial charge in [0, 0.05) is 36.7 Å². The van der Waals surface area contributed by atoms with Gasteiger partial charge in [0.25, 0.3) is 5.91 Å². The third kappa shape index (κ3) is 4.15. The van der Waals surface area contributed by atoms with Crippen LogP contribution in [0.1, 0.15) is 36.3 Å². The van der Waals surface area contributed by atoms with Crippen molar-refractivity contribution in [2.24, 2.45) is 5.92 Å². The minimum atomic E-state index is -1.21. The largest absolute Gasteiger partial charge is 0.376 e.